The first-order valence-corrected chi connectivity index (χ1v) is 6.36. The summed E-state index contributed by atoms with van der Waals surface area (Å²) in [6.45, 7) is 0.447. The minimum Gasteiger partial charge on any atom is -0.348 e. The Morgan fingerprint density at radius 2 is 1.94 bits per heavy atom. The summed E-state index contributed by atoms with van der Waals surface area (Å²) in [4.78, 5) is 12.0. The zero-order valence-electron chi connectivity index (χ0n) is 10.1. The van der Waals surface area contributed by atoms with Crippen LogP contribution in [0.25, 0.3) is 0 Å². The van der Waals surface area contributed by atoms with Gasteiger partial charge in [-0.25, -0.2) is 0 Å². The molecular weight excluding hydrogens is 212 g/mol. The molecule has 1 unspecified atom stereocenters. The van der Waals surface area contributed by atoms with Gasteiger partial charge in [-0.05, 0) is 18.4 Å². The number of hydrogen-bond acceptors (Lipinski definition) is 2. The van der Waals surface area contributed by atoms with Gasteiger partial charge >= 0.3 is 0 Å². The fraction of sp³-hybridized carbons (Fsp3) is 0.500. The Bertz CT molecular complexity index is 358. The average Bonchev–Trinajstić information content (AvgIpc) is 2.90. The molecule has 1 aromatic carbocycles. The Hall–Kier alpha value is -1.35. The molecule has 0 bridgehead atoms. The van der Waals surface area contributed by atoms with Crippen LogP contribution in [-0.2, 0) is 4.79 Å². The second-order valence-electron chi connectivity index (χ2n) is 4.69. The fourth-order valence-corrected chi connectivity index (χ4v) is 2.44. The molecule has 3 nitrogen and oxygen atoms in total. The molecule has 0 aliphatic heterocycles. The highest BCUT2D eigenvalue weighted by Gasteiger charge is 2.24. The molecule has 0 aromatic heterocycles. The van der Waals surface area contributed by atoms with Gasteiger partial charge in [0.25, 0.3) is 0 Å². The van der Waals surface area contributed by atoms with Crippen LogP contribution in [0.3, 0.4) is 0 Å². The van der Waals surface area contributed by atoms with Crippen molar-refractivity contribution >= 4 is 5.91 Å². The molecular formula is C14H20N2O. The Kier molecular flexibility index (Phi) is 4.15. The SMILES string of the molecule is NCC(NC(=O)C1CCCC1)c1ccccc1. The maximum Gasteiger partial charge on any atom is 0.223 e. The molecule has 0 saturated heterocycles. The summed E-state index contributed by atoms with van der Waals surface area (Å²) < 4.78 is 0. The maximum absolute atomic E-state index is 12.0. The molecule has 1 aliphatic carbocycles. The minimum atomic E-state index is -0.0516. The Morgan fingerprint density at radius 3 is 2.53 bits per heavy atom. The third kappa shape index (κ3) is 3.07. The van der Waals surface area contributed by atoms with Crippen LogP contribution in [0.4, 0.5) is 0 Å². The van der Waals surface area contributed by atoms with Crippen molar-refractivity contribution in [2.24, 2.45) is 11.7 Å². The summed E-state index contributed by atoms with van der Waals surface area (Å²) in [6.07, 6.45) is 4.41. The molecule has 2 rings (SSSR count). The summed E-state index contributed by atoms with van der Waals surface area (Å²) in [5, 5.41) is 3.06. The minimum absolute atomic E-state index is 0.0516. The second-order valence-corrected chi connectivity index (χ2v) is 4.69. The van der Waals surface area contributed by atoms with E-state index < -0.39 is 0 Å². The Morgan fingerprint density at radius 1 is 1.29 bits per heavy atom. The predicted molar refractivity (Wildman–Crippen MR) is 68.3 cm³/mol. The van der Waals surface area contributed by atoms with E-state index in [9.17, 15) is 4.79 Å². The number of rotatable bonds is 4. The van der Waals surface area contributed by atoms with Gasteiger partial charge in [0.2, 0.25) is 5.91 Å². The van der Waals surface area contributed by atoms with Crippen molar-refractivity contribution in [2.75, 3.05) is 6.54 Å². The number of nitrogens with one attached hydrogen (secondary N) is 1. The maximum atomic E-state index is 12.0. The van der Waals surface area contributed by atoms with Crippen molar-refractivity contribution < 1.29 is 4.79 Å². The van der Waals surface area contributed by atoms with E-state index in [4.69, 9.17) is 5.73 Å². The normalized spacial score (nSPS) is 17.9. The molecule has 1 fully saturated rings. The molecule has 1 atom stereocenters. The van der Waals surface area contributed by atoms with E-state index in [1.165, 1.54) is 12.8 Å². The Balaban J connectivity index is 1.97. The lowest BCUT2D eigenvalue weighted by atomic mass is 10.0. The average molecular weight is 232 g/mol. The standard InChI is InChI=1S/C14H20N2O/c15-10-13(11-6-2-1-3-7-11)16-14(17)12-8-4-5-9-12/h1-3,6-7,12-13H,4-5,8-10,15H2,(H,16,17). The van der Waals surface area contributed by atoms with Gasteiger partial charge < -0.3 is 11.1 Å². The van der Waals surface area contributed by atoms with Gasteiger partial charge in [-0.2, -0.15) is 0 Å². The van der Waals surface area contributed by atoms with Gasteiger partial charge in [0.1, 0.15) is 0 Å². The van der Waals surface area contributed by atoms with Gasteiger partial charge in [-0.15, -0.1) is 0 Å². The summed E-state index contributed by atoms with van der Waals surface area (Å²) >= 11 is 0. The van der Waals surface area contributed by atoms with Gasteiger partial charge in [-0.1, -0.05) is 43.2 Å². The molecule has 0 spiro atoms. The molecule has 3 heteroatoms. The first-order valence-electron chi connectivity index (χ1n) is 6.36. The molecule has 92 valence electrons. The largest absolute Gasteiger partial charge is 0.348 e. The summed E-state index contributed by atoms with van der Waals surface area (Å²) in [5.41, 5.74) is 6.82. The number of carbonyl (C=O) groups is 1. The highest BCUT2D eigenvalue weighted by Crippen LogP contribution is 2.25. The van der Waals surface area contributed by atoms with Crippen LogP contribution in [0.1, 0.15) is 37.3 Å². The van der Waals surface area contributed by atoms with Crippen LogP contribution >= 0.6 is 0 Å². The number of hydrogen-bond donors (Lipinski definition) is 2. The molecule has 17 heavy (non-hydrogen) atoms. The van der Waals surface area contributed by atoms with E-state index >= 15 is 0 Å². The molecule has 0 heterocycles. The third-order valence-corrected chi connectivity index (χ3v) is 3.48. The van der Waals surface area contributed by atoms with Crippen molar-refractivity contribution in [2.45, 2.75) is 31.7 Å². The van der Waals surface area contributed by atoms with Crippen molar-refractivity contribution in [3.05, 3.63) is 35.9 Å². The zero-order chi connectivity index (χ0) is 12.1. The van der Waals surface area contributed by atoms with Crippen LogP contribution in [0.15, 0.2) is 30.3 Å². The highest BCUT2D eigenvalue weighted by molar-refractivity contribution is 5.79. The lowest BCUT2D eigenvalue weighted by Gasteiger charge is -2.19. The van der Waals surface area contributed by atoms with Crippen molar-refractivity contribution in [1.29, 1.82) is 0 Å². The van der Waals surface area contributed by atoms with Crippen LogP contribution in [0, 0.1) is 5.92 Å². The van der Waals surface area contributed by atoms with Crippen LogP contribution in [0.5, 0.6) is 0 Å². The highest BCUT2D eigenvalue weighted by atomic mass is 16.1. The quantitative estimate of drug-likeness (QED) is 0.834. The molecule has 1 saturated carbocycles. The van der Waals surface area contributed by atoms with Crippen molar-refractivity contribution in [3.63, 3.8) is 0 Å². The van der Waals surface area contributed by atoms with E-state index in [0.717, 1.165) is 18.4 Å². The van der Waals surface area contributed by atoms with E-state index in [2.05, 4.69) is 5.32 Å². The van der Waals surface area contributed by atoms with Gasteiger partial charge in [-0.3, -0.25) is 4.79 Å². The van der Waals surface area contributed by atoms with Gasteiger partial charge in [0.05, 0.1) is 6.04 Å². The van der Waals surface area contributed by atoms with Crippen LogP contribution in [0.2, 0.25) is 0 Å². The topological polar surface area (TPSA) is 55.1 Å². The summed E-state index contributed by atoms with van der Waals surface area (Å²) in [7, 11) is 0. The predicted octanol–water partition coefficient (Wildman–Crippen LogP) is 1.99. The first kappa shape index (κ1) is 12.1. The molecule has 1 aliphatic rings. The molecule has 3 N–H and O–H groups in total. The Labute approximate surface area is 102 Å². The monoisotopic (exact) mass is 232 g/mol. The van der Waals surface area contributed by atoms with Gasteiger partial charge in [0.15, 0.2) is 0 Å². The molecule has 1 amide bonds. The first-order chi connectivity index (χ1) is 8.31. The smallest absolute Gasteiger partial charge is 0.223 e. The van der Waals surface area contributed by atoms with E-state index in [1.54, 1.807) is 0 Å². The van der Waals surface area contributed by atoms with E-state index in [0.29, 0.717) is 6.54 Å². The van der Waals surface area contributed by atoms with E-state index in [1.807, 2.05) is 30.3 Å². The molecule has 1 aromatic rings. The molecule has 0 radical (unpaired) electrons. The van der Waals surface area contributed by atoms with Crippen molar-refractivity contribution in [1.82, 2.24) is 5.32 Å². The van der Waals surface area contributed by atoms with Gasteiger partial charge in [0, 0.05) is 12.5 Å². The fourth-order valence-electron chi connectivity index (χ4n) is 2.44. The van der Waals surface area contributed by atoms with E-state index in [-0.39, 0.29) is 17.9 Å². The number of amides is 1. The lowest BCUT2D eigenvalue weighted by Crippen LogP contribution is -2.36. The van der Waals surface area contributed by atoms with Crippen molar-refractivity contribution in [3.8, 4) is 0 Å². The zero-order valence-corrected chi connectivity index (χ0v) is 10.1. The van der Waals surface area contributed by atoms with Crippen LogP contribution in [-0.4, -0.2) is 12.5 Å². The number of nitrogens with two attached hydrogens (primary N) is 1. The van der Waals surface area contributed by atoms with Crippen LogP contribution < -0.4 is 11.1 Å². The number of benzene rings is 1. The summed E-state index contributed by atoms with van der Waals surface area (Å²) in [5.74, 6) is 0.370. The third-order valence-electron chi connectivity index (χ3n) is 3.48. The lowest BCUT2D eigenvalue weighted by molar-refractivity contribution is -0.125. The second kappa shape index (κ2) is 5.82. The summed E-state index contributed by atoms with van der Waals surface area (Å²) in [6, 6.07) is 9.87. The number of carbonyl (C=O) groups excluding carboxylic acids is 1.